The topological polar surface area (TPSA) is 34.4 Å². The van der Waals surface area contributed by atoms with Crippen LogP contribution >= 0.6 is 0 Å². The van der Waals surface area contributed by atoms with Gasteiger partial charge in [-0.25, -0.2) is 9.37 Å². The van der Waals surface area contributed by atoms with E-state index in [1.807, 2.05) is 29.7 Å². The highest BCUT2D eigenvalue weighted by Crippen LogP contribution is 2.16. The van der Waals surface area contributed by atoms with Crippen LogP contribution in [-0.2, 0) is 6.42 Å². The first-order chi connectivity index (χ1) is 9.67. The lowest BCUT2D eigenvalue weighted by Crippen LogP contribution is -1.97. The van der Waals surface area contributed by atoms with E-state index >= 15 is 0 Å². The summed E-state index contributed by atoms with van der Waals surface area (Å²) < 4.78 is 14.8. The van der Waals surface area contributed by atoms with Crippen molar-refractivity contribution < 1.29 is 9.18 Å². The lowest BCUT2D eigenvalue weighted by Gasteiger charge is -2.03. The van der Waals surface area contributed by atoms with E-state index < -0.39 is 0 Å². The first kappa shape index (κ1) is 12.5. The molecule has 0 fully saturated rings. The third-order valence-corrected chi connectivity index (χ3v) is 3.27. The SMILES string of the molecule is Cc1ccc2c(C=O)nc(Cc3ccc(F)cc3)n2c1. The molecule has 3 rings (SSSR count). The van der Waals surface area contributed by atoms with Crippen LogP contribution in [0, 0.1) is 12.7 Å². The van der Waals surface area contributed by atoms with Crippen molar-refractivity contribution in [3.8, 4) is 0 Å². The Kier molecular flexibility index (Phi) is 3.06. The molecule has 20 heavy (non-hydrogen) atoms. The number of fused-ring (bicyclic) bond motifs is 1. The molecular formula is C16H13FN2O. The second kappa shape index (κ2) is 4.89. The van der Waals surface area contributed by atoms with Crippen molar-refractivity contribution >= 4 is 11.8 Å². The number of hydrogen-bond acceptors (Lipinski definition) is 2. The molecule has 3 nitrogen and oxygen atoms in total. The normalized spacial score (nSPS) is 10.9. The highest BCUT2D eigenvalue weighted by Gasteiger charge is 2.11. The predicted molar refractivity (Wildman–Crippen MR) is 74.5 cm³/mol. The van der Waals surface area contributed by atoms with E-state index in [4.69, 9.17) is 0 Å². The monoisotopic (exact) mass is 268 g/mol. The van der Waals surface area contributed by atoms with Crippen molar-refractivity contribution in [2.45, 2.75) is 13.3 Å². The maximum Gasteiger partial charge on any atom is 0.170 e. The molecule has 0 amide bonds. The summed E-state index contributed by atoms with van der Waals surface area (Å²) in [5, 5.41) is 0. The Labute approximate surface area is 115 Å². The molecule has 0 saturated carbocycles. The van der Waals surface area contributed by atoms with Crippen LogP contribution in [0.2, 0.25) is 0 Å². The summed E-state index contributed by atoms with van der Waals surface area (Å²) in [6.45, 7) is 1.99. The van der Waals surface area contributed by atoms with Crippen LogP contribution in [0.15, 0.2) is 42.6 Å². The van der Waals surface area contributed by atoms with Crippen molar-refractivity contribution in [1.82, 2.24) is 9.38 Å². The molecule has 0 unspecified atom stereocenters. The number of aldehydes is 1. The summed E-state index contributed by atoms with van der Waals surface area (Å²) in [4.78, 5) is 15.5. The molecule has 0 spiro atoms. The summed E-state index contributed by atoms with van der Waals surface area (Å²) in [6.07, 6.45) is 3.27. The molecular weight excluding hydrogens is 255 g/mol. The molecule has 4 heteroatoms. The molecule has 2 aromatic heterocycles. The number of carbonyl (C=O) groups is 1. The Balaban J connectivity index is 2.08. The molecule has 3 aromatic rings. The van der Waals surface area contributed by atoms with Gasteiger partial charge >= 0.3 is 0 Å². The number of rotatable bonds is 3. The molecule has 0 N–H and O–H groups in total. The summed E-state index contributed by atoms with van der Waals surface area (Å²) in [7, 11) is 0. The number of halogens is 1. The van der Waals surface area contributed by atoms with Crippen LogP contribution in [0.25, 0.3) is 5.52 Å². The van der Waals surface area contributed by atoms with Gasteiger partial charge in [-0.1, -0.05) is 18.2 Å². The number of benzene rings is 1. The summed E-state index contributed by atoms with van der Waals surface area (Å²) in [5.74, 6) is 0.517. The summed E-state index contributed by atoms with van der Waals surface area (Å²) in [5.41, 5.74) is 3.27. The molecule has 0 aliphatic carbocycles. The van der Waals surface area contributed by atoms with Crippen LogP contribution in [0.3, 0.4) is 0 Å². The first-order valence-corrected chi connectivity index (χ1v) is 6.34. The molecule has 100 valence electrons. The highest BCUT2D eigenvalue weighted by molar-refractivity contribution is 5.83. The number of aromatic nitrogens is 2. The van der Waals surface area contributed by atoms with Crippen molar-refractivity contribution in [3.05, 3.63) is 71.1 Å². The molecule has 0 saturated heterocycles. The van der Waals surface area contributed by atoms with E-state index in [2.05, 4.69) is 4.98 Å². The molecule has 0 aliphatic rings. The number of pyridine rings is 1. The second-order valence-corrected chi connectivity index (χ2v) is 4.80. The maximum absolute atomic E-state index is 12.9. The standard InChI is InChI=1S/C16H13FN2O/c1-11-2-7-15-14(10-20)18-16(19(15)9-11)8-12-3-5-13(17)6-4-12/h2-7,9-10H,8H2,1H3. The van der Waals surface area contributed by atoms with Crippen molar-refractivity contribution in [2.75, 3.05) is 0 Å². The number of aryl methyl sites for hydroxylation is 1. The van der Waals surface area contributed by atoms with Crippen LogP contribution in [-0.4, -0.2) is 15.7 Å². The molecule has 0 bridgehead atoms. The number of carbonyl (C=O) groups excluding carboxylic acids is 1. The zero-order chi connectivity index (χ0) is 14.1. The highest BCUT2D eigenvalue weighted by atomic mass is 19.1. The third-order valence-electron chi connectivity index (χ3n) is 3.27. The van der Waals surface area contributed by atoms with E-state index in [0.29, 0.717) is 12.1 Å². The number of nitrogens with zero attached hydrogens (tertiary/aromatic N) is 2. The smallest absolute Gasteiger partial charge is 0.170 e. The lowest BCUT2D eigenvalue weighted by atomic mass is 10.1. The lowest BCUT2D eigenvalue weighted by molar-refractivity contribution is 0.112. The fraction of sp³-hybridized carbons (Fsp3) is 0.125. The van der Waals surface area contributed by atoms with Crippen LogP contribution < -0.4 is 0 Å². The quantitative estimate of drug-likeness (QED) is 0.684. The van der Waals surface area contributed by atoms with Crippen LogP contribution in [0.4, 0.5) is 4.39 Å². The fourth-order valence-electron chi connectivity index (χ4n) is 2.28. The molecule has 1 aromatic carbocycles. The fourth-order valence-corrected chi connectivity index (χ4v) is 2.28. The van der Waals surface area contributed by atoms with E-state index in [1.165, 1.54) is 12.1 Å². The maximum atomic E-state index is 12.9. The Morgan fingerprint density at radius 1 is 1.20 bits per heavy atom. The molecule has 0 radical (unpaired) electrons. The van der Waals surface area contributed by atoms with Gasteiger partial charge in [0.15, 0.2) is 6.29 Å². The van der Waals surface area contributed by atoms with Gasteiger partial charge in [-0.3, -0.25) is 4.79 Å². The average molecular weight is 268 g/mol. The van der Waals surface area contributed by atoms with Gasteiger partial charge in [-0.15, -0.1) is 0 Å². The van der Waals surface area contributed by atoms with E-state index in [9.17, 15) is 9.18 Å². The second-order valence-electron chi connectivity index (χ2n) is 4.80. The molecule has 0 atom stereocenters. The minimum Gasteiger partial charge on any atom is -0.302 e. The van der Waals surface area contributed by atoms with E-state index in [1.54, 1.807) is 12.1 Å². The Morgan fingerprint density at radius 3 is 2.65 bits per heavy atom. The van der Waals surface area contributed by atoms with Crippen LogP contribution in [0.5, 0.6) is 0 Å². The van der Waals surface area contributed by atoms with E-state index in [0.717, 1.165) is 28.8 Å². The van der Waals surface area contributed by atoms with E-state index in [-0.39, 0.29) is 5.82 Å². The van der Waals surface area contributed by atoms with Gasteiger partial charge in [0.25, 0.3) is 0 Å². The Bertz CT molecular complexity index is 775. The zero-order valence-electron chi connectivity index (χ0n) is 11.0. The molecule has 2 heterocycles. The van der Waals surface area contributed by atoms with Crippen molar-refractivity contribution in [2.24, 2.45) is 0 Å². The third kappa shape index (κ3) is 2.20. The minimum absolute atomic E-state index is 0.258. The van der Waals surface area contributed by atoms with Crippen molar-refractivity contribution in [3.63, 3.8) is 0 Å². The number of hydrogen-bond donors (Lipinski definition) is 0. The summed E-state index contributed by atoms with van der Waals surface area (Å²) >= 11 is 0. The Morgan fingerprint density at radius 2 is 1.95 bits per heavy atom. The Hall–Kier alpha value is -2.49. The molecule has 0 aliphatic heterocycles. The average Bonchev–Trinajstić information content (AvgIpc) is 2.79. The van der Waals surface area contributed by atoms with Gasteiger partial charge in [0.1, 0.15) is 17.3 Å². The van der Waals surface area contributed by atoms with Gasteiger partial charge in [0, 0.05) is 12.6 Å². The van der Waals surface area contributed by atoms with Gasteiger partial charge < -0.3 is 4.40 Å². The predicted octanol–water partition coefficient (Wildman–Crippen LogP) is 3.19. The largest absolute Gasteiger partial charge is 0.302 e. The zero-order valence-corrected chi connectivity index (χ0v) is 11.0. The first-order valence-electron chi connectivity index (χ1n) is 6.34. The van der Waals surface area contributed by atoms with Crippen molar-refractivity contribution in [1.29, 1.82) is 0 Å². The van der Waals surface area contributed by atoms with Gasteiger partial charge in [-0.05, 0) is 36.2 Å². The van der Waals surface area contributed by atoms with Crippen LogP contribution in [0.1, 0.15) is 27.4 Å². The van der Waals surface area contributed by atoms with Gasteiger partial charge in [0.05, 0.1) is 5.52 Å². The number of imidazole rings is 1. The van der Waals surface area contributed by atoms with Gasteiger partial charge in [-0.2, -0.15) is 0 Å². The van der Waals surface area contributed by atoms with Gasteiger partial charge in [0.2, 0.25) is 0 Å². The summed E-state index contributed by atoms with van der Waals surface area (Å²) in [6, 6.07) is 10.2. The minimum atomic E-state index is -0.258.